The molecule has 2 heterocycles. The fourth-order valence-corrected chi connectivity index (χ4v) is 3.15. The van der Waals surface area contributed by atoms with E-state index in [1.165, 1.54) is 24.2 Å². The van der Waals surface area contributed by atoms with Crippen LogP contribution in [-0.4, -0.2) is 26.3 Å². The van der Waals surface area contributed by atoms with Gasteiger partial charge in [0.15, 0.2) is 5.69 Å². The number of amides is 1. The number of hydrogen-bond donors (Lipinski definition) is 2. The second-order valence-electron chi connectivity index (χ2n) is 5.30. The maximum atomic E-state index is 12.3. The summed E-state index contributed by atoms with van der Waals surface area (Å²) in [7, 11) is 0. The van der Waals surface area contributed by atoms with Crippen LogP contribution in [0.2, 0.25) is 0 Å². The third-order valence-corrected chi connectivity index (χ3v) is 4.52. The lowest BCUT2D eigenvalue weighted by Gasteiger charge is -1.98. The Morgan fingerprint density at radius 3 is 3.05 bits per heavy atom. The molecule has 2 aromatic heterocycles. The van der Waals surface area contributed by atoms with Crippen LogP contribution in [-0.2, 0) is 0 Å². The van der Waals surface area contributed by atoms with Crippen molar-refractivity contribution in [3.8, 4) is 0 Å². The number of anilines is 1. The Morgan fingerprint density at radius 2 is 2.24 bits per heavy atom. The van der Waals surface area contributed by atoms with E-state index in [0.29, 0.717) is 16.7 Å². The summed E-state index contributed by atoms with van der Waals surface area (Å²) in [5.41, 5.74) is 2.32. The predicted molar refractivity (Wildman–Crippen MR) is 80.7 cm³/mol. The van der Waals surface area contributed by atoms with Crippen molar-refractivity contribution in [2.75, 3.05) is 5.32 Å². The minimum atomic E-state index is -0.259. The van der Waals surface area contributed by atoms with Crippen LogP contribution < -0.4 is 5.32 Å². The van der Waals surface area contributed by atoms with Crippen molar-refractivity contribution in [1.29, 1.82) is 0 Å². The van der Waals surface area contributed by atoms with Crippen molar-refractivity contribution in [3.63, 3.8) is 0 Å². The first-order valence-corrected chi connectivity index (χ1v) is 7.62. The molecule has 0 atom stereocenters. The highest BCUT2D eigenvalue weighted by atomic mass is 32.1. The smallest absolute Gasteiger partial charge is 0.278 e. The Kier molecular flexibility index (Phi) is 2.75. The summed E-state index contributed by atoms with van der Waals surface area (Å²) in [6.45, 7) is 1.99. The molecule has 21 heavy (non-hydrogen) atoms. The van der Waals surface area contributed by atoms with E-state index < -0.39 is 0 Å². The van der Waals surface area contributed by atoms with Crippen LogP contribution in [0.5, 0.6) is 0 Å². The van der Waals surface area contributed by atoms with Gasteiger partial charge in [-0.2, -0.15) is 5.10 Å². The minimum Gasteiger partial charge on any atom is -0.295 e. The summed E-state index contributed by atoms with van der Waals surface area (Å²) in [5, 5.41) is 20.3. The van der Waals surface area contributed by atoms with E-state index in [1.54, 1.807) is 0 Å². The summed E-state index contributed by atoms with van der Waals surface area (Å²) in [4.78, 5) is 12.3. The molecule has 1 aliphatic carbocycles. The van der Waals surface area contributed by atoms with Gasteiger partial charge in [-0.15, -0.1) is 10.2 Å². The number of nitrogens with zero attached hydrogens (tertiary/aromatic N) is 3. The Bertz CT molecular complexity index is 833. The van der Waals surface area contributed by atoms with Crippen molar-refractivity contribution in [1.82, 2.24) is 20.4 Å². The zero-order chi connectivity index (χ0) is 14.4. The lowest BCUT2D eigenvalue weighted by Crippen LogP contribution is -2.12. The number of hydrogen-bond acceptors (Lipinski definition) is 5. The number of carbonyl (C=O) groups is 1. The van der Waals surface area contributed by atoms with Crippen LogP contribution in [0, 0.1) is 6.92 Å². The fraction of sp³-hybridized carbons (Fsp3) is 0.286. The molecule has 0 bridgehead atoms. The molecule has 0 spiro atoms. The number of nitrogens with one attached hydrogen (secondary N) is 2. The molecular weight excluding hydrogens is 286 g/mol. The lowest BCUT2D eigenvalue weighted by molar-refractivity contribution is 0.102. The van der Waals surface area contributed by atoms with E-state index in [-0.39, 0.29) is 5.91 Å². The van der Waals surface area contributed by atoms with Gasteiger partial charge in [-0.05, 0) is 31.9 Å². The van der Waals surface area contributed by atoms with E-state index in [0.717, 1.165) is 21.5 Å². The summed E-state index contributed by atoms with van der Waals surface area (Å²) in [6.07, 6.45) is 2.34. The van der Waals surface area contributed by atoms with Gasteiger partial charge in [-0.3, -0.25) is 15.2 Å². The normalized spacial score (nSPS) is 14.5. The Hall–Kier alpha value is -2.28. The highest BCUT2D eigenvalue weighted by molar-refractivity contribution is 7.15. The second-order valence-corrected chi connectivity index (χ2v) is 6.30. The van der Waals surface area contributed by atoms with Gasteiger partial charge < -0.3 is 0 Å². The van der Waals surface area contributed by atoms with Crippen LogP contribution in [0.4, 0.5) is 5.13 Å². The highest BCUT2D eigenvalue weighted by Gasteiger charge is 2.28. The first-order valence-electron chi connectivity index (χ1n) is 6.80. The molecule has 1 aromatic carbocycles. The van der Waals surface area contributed by atoms with Gasteiger partial charge in [0.1, 0.15) is 5.01 Å². The first-order chi connectivity index (χ1) is 10.2. The average molecular weight is 299 g/mol. The highest BCUT2D eigenvalue weighted by Crippen LogP contribution is 2.42. The quantitative estimate of drug-likeness (QED) is 0.779. The van der Waals surface area contributed by atoms with Gasteiger partial charge in [0.25, 0.3) is 5.91 Å². The van der Waals surface area contributed by atoms with E-state index in [2.05, 4.69) is 25.7 Å². The maximum absolute atomic E-state index is 12.3. The fourth-order valence-electron chi connectivity index (χ4n) is 2.24. The molecular formula is C14H13N5OS. The first kappa shape index (κ1) is 12.5. The monoisotopic (exact) mass is 299 g/mol. The molecule has 4 rings (SSSR count). The van der Waals surface area contributed by atoms with Gasteiger partial charge >= 0.3 is 0 Å². The van der Waals surface area contributed by atoms with Gasteiger partial charge in [0.2, 0.25) is 5.13 Å². The van der Waals surface area contributed by atoms with Crippen molar-refractivity contribution >= 4 is 33.3 Å². The lowest BCUT2D eigenvalue weighted by atomic mass is 10.1. The molecule has 2 N–H and O–H groups in total. The predicted octanol–water partition coefficient (Wildman–Crippen LogP) is 2.85. The Labute approximate surface area is 124 Å². The number of carbonyl (C=O) groups excluding carboxylic acids is 1. The number of rotatable bonds is 3. The maximum Gasteiger partial charge on any atom is 0.278 e. The largest absolute Gasteiger partial charge is 0.295 e. The van der Waals surface area contributed by atoms with Crippen molar-refractivity contribution in [3.05, 3.63) is 34.5 Å². The topological polar surface area (TPSA) is 83.6 Å². The molecule has 0 saturated heterocycles. The standard InChI is InChI=1S/C14H13N5OS/c1-7-2-5-10-9(6-7)11(17-16-10)12(20)15-14-19-18-13(21-14)8-3-4-8/h2,5-6,8H,3-4H2,1H3,(H,16,17)(H,15,19,20). The van der Waals surface area contributed by atoms with E-state index in [1.807, 2.05) is 25.1 Å². The minimum absolute atomic E-state index is 0.259. The molecule has 1 saturated carbocycles. The van der Waals surface area contributed by atoms with Crippen molar-refractivity contribution in [2.45, 2.75) is 25.7 Å². The average Bonchev–Trinajstić information content (AvgIpc) is 3.07. The van der Waals surface area contributed by atoms with Gasteiger partial charge in [0.05, 0.1) is 5.52 Å². The number of benzene rings is 1. The Balaban J connectivity index is 1.61. The van der Waals surface area contributed by atoms with E-state index in [4.69, 9.17) is 0 Å². The number of aromatic nitrogens is 4. The molecule has 1 amide bonds. The SMILES string of the molecule is Cc1ccc2[nH]nc(C(=O)Nc3nnc(C4CC4)s3)c2c1. The number of aryl methyl sites for hydroxylation is 1. The zero-order valence-electron chi connectivity index (χ0n) is 11.4. The summed E-state index contributed by atoms with van der Waals surface area (Å²) in [6, 6.07) is 5.85. The Morgan fingerprint density at radius 1 is 1.38 bits per heavy atom. The molecule has 0 unspecified atom stereocenters. The van der Waals surface area contributed by atoms with Crippen LogP contribution in [0.15, 0.2) is 18.2 Å². The number of H-pyrrole nitrogens is 1. The van der Waals surface area contributed by atoms with Crippen LogP contribution >= 0.6 is 11.3 Å². The van der Waals surface area contributed by atoms with Gasteiger partial charge in [-0.1, -0.05) is 23.0 Å². The molecule has 6 nitrogen and oxygen atoms in total. The zero-order valence-corrected chi connectivity index (χ0v) is 12.2. The van der Waals surface area contributed by atoms with Gasteiger partial charge in [0, 0.05) is 11.3 Å². The van der Waals surface area contributed by atoms with E-state index in [9.17, 15) is 4.79 Å². The van der Waals surface area contributed by atoms with Crippen LogP contribution in [0.1, 0.15) is 39.8 Å². The van der Waals surface area contributed by atoms with Crippen molar-refractivity contribution < 1.29 is 4.79 Å². The molecule has 106 valence electrons. The summed E-state index contributed by atoms with van der Waals surface area (Å²) >= 11 is 1.45. The molecule has 3 aromatic rings. The van der Waals surface area contributed by atoms with Gasteiger partial charge in [-0.25, -0.2) is 0 Å². The molecule has 1 aliphatic rings. The third-order valence-electron chi connectivity index (χ3n) is 3.52. The summed E-state index contributed by atoms with van der Waals surface area (Å²) in [5.74, 6) is 0.285. The summed E-state index contributed by atoms with van der Waals surface area (Å²) < 4.78 is 0. The molecule has 7 heteroatoms. The van der Waals surface area contributed by atoms with E-state index >= 15 is 0 Å². The number of aromatic amines is 1. The number of fused-ring (bicyclic) bond motifs is 1. The second kappa shape index (κ2) is 4.63. The van der Waals surface area contributed by atoms with Crippen LogP contribution in [0.3, 0.4) is 0 Å². The molecule has 1 fully saturated rings. The molecule has 0 radical (unpaired) electrons. The molecule has 0 aliphatic heterocycles. The van der Waals surface area contributed by atoms with Crippen molar-refractivity contribution in [2.24, 2.45) is 0 Å². The van der Waals surface area contributed by atoms with Crippen LogP contribution in [0.25, 0.3) is 10.9 Å². The third kappa shape index (κ3) is 2.29.